The number of H-pyrrole nitrogens is 1. The van der Waals surface area contributed by atoms with Crippen LogP contribution in [0.15, 0.2) is 18.2 Å². The van der Waals surface area contributed by atoms with Crippen molar-refractivity contribution in [1.82, 2.24) is 10.2 Å². The predicted molar refractivity (Wildman–Crippen MR) is 54.8 cm³/mol. The number of halogens is 1. The monoisotopic (exact) mass is 207 g/mol. The highest BCUT2D eigenvalue weighted by Crippen LogP contribution is 2.28. The minimum atomic E-state index is -0.392. The van der Waals surface area contributed by atoms with Gasteiger partial charge in [0.05, 0.1) is 5.69 Å². The summed E-state index contributed by atoms with van der Waals surface area (Å²) in [5.74, 6) is -0.0982. The lowest BCUT2D eigenvalue weighted by Crippen LogP contribution is -1.89. The maximum absolute atomic E-state index is 13.7. The molecule has 15 heavy (non-hydrogen) atoms. The molecule has 2 aromatic rings. The second-order valence-corrected chi connectivity index (χ2v) is 3.33. The summed E-state index contributed by atoms with van der Waals surface area (Å²) in [5, 5.41) is 15.6. The Kier molecular flexibility index (Phi) is 2.07. The average Bonchev–Trinajstić information content (AvgIpc) is 2.58. The van der Waals surface area contributed by atoms with E-state index in [0.717, 1.165) is 0 Å². The third-order valence-corrected chi connectivity index (χ3v) is 2.13. The maximum atomic E-state index is 13.7. The third kappa shape index (κ3) is 1.63. The van der Waals surface area contributed by atoms with E-state index >= 15 is 0 Å². The molecule has 0 amide bonds. The third-order valence-electron chi connectivity index (χ3n) is 2.13. The highest BCUT2D eigenvalue weighted by molar-refractivity contribution is 5.65. The molecule has 1 aromatic heterocycles. The minimum absolute atomic E-state index is 0.0112. The number of benzene rings is 1. The lowest BCUT2D eigenvalue weighted by Gasteiger charge is -2.04. The molecule has 0 spiro atoms. The van der Waals surface area contributed by atoms with E-state index in [1.807, 2.05) is 0 Å². The Morgan fingerprint density at radius 1 is 1.40 bits per heavy atom. The number of aromatic hydroxyl groups is 1. The molecule has 0 fully saturated rings. The lowest BCUT2D eigenvalue weighted by molar-refractivity contribution is 0.472. The summed E-state index contributed by atoms with van der Waals surface area (Å²) in [4.78, 5) is 0. The summed E-state index contributed by atoms with van der Waals surface area (Å²) in [6.07, 6.45) is 0. The van der Waals surface area contributed by atoms with Gasteiger partial charge < -0.3 is 10.8 Å². The zero-order valence-corrected chi connectivity index (χ0v) is 8.08. The van der Waals surface area contributed by atoms with Crippen LogP contribution in [0.3, 0.4) is 0 Å². The number of rotatable bonds is 1. The van der Waals surface area contributed by atoms with Crippen molar-refractivity contribution in [2.24, 2.45) is 0 Å². The van der Waals surface area contributed by atoms with E-state index in [0.29, 0.717) is 11.3 Å². The summed E-state index contributed by atoms with van der Waals surface area (Å²) in [5.41, 5.74) is 6.50. The molecule has 1 aromatic carbocycles. The van der Waals surface area contributed by atoms with E-state index in [1.165, 1.54) is 18.2 Å². The summed E-state index contributed by atoms with van der Waals surface area (Å²) in [7, 11) is 0. The molecule has 0 atom stereocenters. The normalized spacial score (nSPS) is 10.5. The van der Waals surface area contributed by atoms with Gasteiger partial charge in [0.25, 0.3) is 0 Å². The molecule has 0 saturated heterocycles. The smallest absolute Gasteiger partial charge is 0.145 e. The number of anilines is 1. The zero-order chi connectivity index (χ0) is 11.0. The van der Waals surface area contributed by atoms with Crippen molar-refractivity contribution in [1.29, 1.82) is 0 Å². The van der Waals surface area contributed by atoms with Crippen molar-refractivity contribution in [3.05, 3.63) is 29.6 Å². The molecule has 0 unspecified atom stereocenters. The maximum Gasteiger partial charge on any atom is 0.145 e. The molecule has 2 rings (SSSR count). The van der Waals surface area contributed by atoms with Gasteiger partial charge in [-0.25, -0.2) is 4.39 Å². The molecular formula is C10H10FN3O. The Morgan fingerprint density at radius 2 is 2.13 bits per heavy atom. The quantitative estimate of drug-likeness (QED) is 0.667. The van der Waals surface area contributed by atoms with Gasteiger partial charge in [-0.05, 0) is 24.6 Å². The van der Waals surface area contributed by atoms with Crippen LogP contribution < -0.4 is 5.73 Å². The van der Waals surface area contributed by atoms with Crippen LogP contribution in [0.2, 0.25) is 0 Å². The number of aromatic amines is 1. The number of aromatic nitrogens is 2. The number of nitrogen functional groups attached to an aromatic ring is 1. The Bertz CT molecular complexity index is 507. The zero-order valence-electron chi connectivity index (χ0n) is 8.08. The van der Waals surface area contributed by atoms with Gasteiger partial charge in [-0.2, -0.15) is 5.10 Å². The number of phenols is 1. The molecule has 0 saturated carbocycles. The van der Waals surface area contributed by atoms with Gasteiger partial charge in [0.1, 0.15) is 17.4 Å². The van der Waals surface area contributed by atoms with Crippen molar-refractivity contribution >= 4 is 5.82 Å². The van der Waals surface area contributed by atoms with Crippen molar-refractivity contribution < 1.29 is 9.50 Å². The van der Waals surface area contributed by atoms with Crippen LogP contribution in [0.25, 0.3) is 11.3 Å². The van der Waals surface area contributed by atoms with E-state index in [2.05, 4.69) is 10.2 Å². The van der Waals surface area contributed by atoms with E-state index in [1.54, 1.807) is 6.92 Å². The van der Waals surface area contributed by atoms with Crippen LogP contribution in [-0.4, -0.2) is 15.3 Å². The standard InChI is InChI=1S/C10H10FN3O/c1-5-2-6(15)3-7(10(5)11)8-4-9(12)14-13-8/h2-4,15H,1H3,(H3,12,13,14). The number of aryl methyl sites for hydroxylation is 1. The second kappa shape index (κ2) is 3.27. The molecule has 5 heteroatoms. The average molecular weight is 207 g/mol. The predicted octanol–water partition coefficient (Wildman–Crippen LogP) is 1.81. The van der Waals surface area contributed by atoms with Gasteiger partial charge in [0.15, 0.2) is 0 Å². The molecular weight excluding hydrogens is 197 g/mol. The fraction of sp³-hybridized carbons (Fsp3) is 0.100. The van der Waals surface area contributed by atoms with Gasteiger partial charge in [-0.3, -0.25) is 5.10 Å². The van der Waals surface area contributed by atoms with Crippen LogP contribution in [0, 0.1) is 12.7 Å². The largest absolute Gasteiger partial charge is 0.508 e. The molecule has 0 radical (unpaired) electrons. The van der Waals surface area contributed by atoms with Crippen LogP contribution >= 0.6 is 0 Å². The highest BCUT2D eigenvalue weighted by atomic mass is 19.1. The number of phenolic OH excluding ortho intramolecular Hbond substituents is 1. The van der Waals surface area contributed by atoms with Gasteiger partial charge in [-0.1, -0.05) is 0 Å². The Morgan fingerprint density at radius 3 is 2.73 bits per heavy atom. The number of hydrogen-bond donors (Lipinski definition) is 3. The Hall–Kier alpha value is -2.04. The Balaban J connectivity index is 2.62. The summed E-state index contributed by atoms with van der Waals surface area (Å²) in [6, 6.07) is 4.20. The topological polar surface area (TPSA) is 74.9 Å². The molecule has 0 aliphatic carbocycles. The van der Waals surface area contributed by atoms with Crippen molar-refractivity contribution in [3.63, 3.8) is 0 Å². The molecule has 0 aliphatic heterocycles. The molecule has 4 N–H and O–H groups in total. The van der Waals surface area contributed by atoms with Crippen molar-refractivity contribution in [3.8, 4) is 17.0 Å². The number of nitrogens with one attached hydrogen (secondary N) is 1. The number of hydrogen-bond acceptors (Lipinski definition) is 3. The van der Waals surface area contributed by atoms with E-state index < -0.39 is 5.82 Å². The molecule has 4 nitrogen and oxygen atoms in total. The van der Waals surface area contributed by atoms with Crippen molar-refractivity contribution in [2.75, 3.05) is 5.73 Å². The lowest BCUT2D eigenvalue weighted by atomic mass is 10.1. The van der Waals surface area contributed by atoms with Gasteiger partial charge in [0.2, 0.25) is 0 Å². The molecule has 0 bridgehead atoms. The van der Waals surface area contributed by atoms with E-state index in [9.17, 15) is 9.50 Å². The fourth-order valence-corrected chi connectivity index (χ4v) is 1.42. The number of nitrogens with zero attached hydrogens (tertiary/aromatic N) is 1. The second-order valence-electron chi connectivity index (χ2n) is 3.33. The summed E-state index contributed by atoms with van der Waals surface area (Å²) < 4.78 is 13.7. The first-order valence-corrected chi connectivity index (χ1v) is 4.38. The first-order chi connectivity index (χ1) is 7.08. The van der Waals surface area contributed by atoms with Crippen LogP contribution in [0.4, 0.5) is 10.2 Å². The number of nitrogens with two attached hydrogens (primary N) is 1. The highest BCUT2D eigenvalue weighted by Gasteiger charge is 2.11. The minimum Gasteiger partial charge on any atom is -0.508 e. The van der Waals surface area contributed by atoms with E-state index in [-0.39, 0.29) is 17.1 Å². The molecule has 78 valence electrons. The molecule has 1 heterocycles. The summed E-state index contributed by atoms with van der Waals surface area (Å²) in [6.45, 7) is 1.58. The van der Waals surface area contributed by atoms with E-state index in [4.69, 9.17) is 5.73 Å². The first-order valence-electron chi connectivity index (χ1n) is 4.38. The van der Waals surface area contributed by atoms with Crippen LogP contribution in [0.5, 0.6) is 5.75 Å². The van der Waals surface area contributed by atoms with Crippen LogP contribution in [-0.2, 0) is 0 Å². The first kappa shape index (κ1) is 9.51. The SMILES string of the molecule is Cc1cc(O)cc(-c2cc(N)n[nH]2)c1F. The van der Waals surface area contributed by atoms with Gasteiger partial charge >= 0.3 is 0 Å². The van der Waals surface area contributed by atoms with Crippen LogP contribution in [0.1, 0.15) is 5.56 Å². The summed E-state index contributed by atoms with van der Waals surface area (Å²) >= 11 is 0. The van der Waals surface area contributed by atoms with Gasteiger partial charge in [0, 0.05) is 11.6 Å². The Labute approximate surface area is 85.6 Å². The molecule has 0 aliphatic rings. The van der Waals surface area contributed by atoms with Gasteiger partial charge in [-0.15, -0.1) is 0 Å². The fourth-order valence-electron chi connectivity index (χ4n) is 1.42. The van der Waals surface area contributed by atoms with Crippen molar-refractivity contribution in [2.45, 2.75) is 6.92 Å².